The van der Waals surface area contributed by atoms with Crippen LogP contribution < -0.4 is 16.4 Å². The maximum atomic E-state index is 16.0. The third-order valence-electron chi connectivity index (χ3n) is 8.33. The molecule has 12 heteroatoms. The van der Waals surface area contributed by atoms with Crippen molar-refractivity contribution in [2.45, 2.75) is 36.9 Å². The van der Waals surface area contributed by atoms with Crippen molar-refractivity contribution in [2.75, 3.05) is 33.0 Å². The number of amides is 1. The molecule has 3 aliphatic carbocycles. The van der Waals surface area contributed by atoms with E-state index in [0.29, 0.717) is 13.0 Å². The second kappa shape index (κ2) is 8.27. The SMILES string of the molecule is CN[C@@H]1C(O)=C(C(N)=O)C(=O)[C@@]2(O)C(O)=C3C(=O)c4c(O)c5c(c(F)c4C[C@H]3C[C@@H]12)C(N(C)C)CCN5. The number of carbonyl (C=O) groups excluding carboxylic acids is 3. The number of allylic oxidation sites excluding steroid dienone is 1. The van der Waals surface area contributed by atoms with Gasteiger partial charge in [0.1, 0.15) is 22.9 Å². The molecule has 1 aromatic carbocycles. The maximum Gasteiger partial charge on any atom is 0.255 e. The number of nitrogens with two attached hydrogens (primary N) is 1. The Bertz CT molecular complexity index is 1340. The number of hydrogen-bond donors (Lipinski definition) is 7. The molecule has 0 aromatic heterocycles. The standard InChI is InChI=1S/C25H29FN4O7/c1-28-17-10-7-8-6-9-13(20(32)18-14(16(9)26)11(30(2)3)4-5-29-18)19(31)12(8)22(34)25(10,37)23(35)15(21(17)33)24(27)36/h8,10-11,17,28-29,32-34,37H,4-7H2,1-3H3,(H2,27,36)/t8-,10-,11?,17-,25-/m0/s1. The molecule has 8 N–H and O–H groups in total. The van der Waals surface area contributed by atoms with Crippen molar-refractivity contribution in [3.8, 4) is 5.75 Å². The number of Topliss-reactive ketones (excluding diaryl/α,β-unsaturated/α-hetero) is 2. The molecule has 4 aliphatic rings. The number of halogens is 1. The van der Waals surface area contributed by atoms with Crippen LogP contribution in [-0.2, 0) is 16.0 Å². The lowest BCUT2D eigenvalue weighted by Crippen LogP contribution is -2.63. The second-order valence-corrected chi connectivity index (χ2v) is 10.3. The summed E-state index contributed by atoms with van der Waals surface area (Å²) in [7, 11) is 5.01. The van der Waals surface area contributed by atoms with Gasteiger partial charge < -0.3 is 41.7 Å². The van der Waals surface area contributed by atoms with Gasteiger partial charge in [0.15, 0.2) is 17.1 Å². The zero-order valence-corrected chi connectivity index (χ0v) is 20.6. The Hall–Kier alpha value is -3.48. The summed E-state index contributed by atoms with van der Waals surface area (Å²) in [6.45, 7) is 0.430. The van der Waals surface area contributed by atoms with Crippen LogP contribution in [0.5, 0.6) is 5.75 Å². The lowest BCUT2D eigenvalue weighted by molar-refractivity contribution is -0.146. The number of primary amides is 1. The highest BCUT2D eigenvalue weighted by atomic mass is 19.1. The van der Waals surface area contributed by atoms with E-state index in [0.717, 1.165) is 0 Å². The number of rotatable bonds is 3. The molecule has 0 saturated heterocycles. The molecule has 0 spiro atoms. The van der Waals surface area contributed by atoms with E-state index in [-0.39, 0.29) is 46.8 Å². The van der Waals surface area contributed by atoms with Crippen molar-refractivity contribution in [1.29, 1.82) is 0 Å². The fourth-order valence-corrected chi connectivity index (χ4v) is 6.61. The highest BCUT2D eigenvalue weighted by molar-refractivity contribution is 6.24. The molecule has 1 unspecified atom stereocenters. The summed E-state index contributed by atoms with van der Waals surface area (Å²) in [5.41, 5.74) is 1.31. The minimum Gasteiger partial charge on any atom is -0.510 e. The number of likely N-dealkylation sites (N-methyl/N-ethyl adjacent to an activating group) is 1. The molecule has 1 aromatic rings. The third-order valence-corrected chi connectivity index (χ3v) is 8.33. The molecule has 1 heterocycles. The largest absolute Gasteiger partial charge is 0.510 e. The number of carbonyl (C=O) groups is 3. The van der Waals surface area contributed by atoms with Crippen LogP contribution in [-0.4, -0.2) is 82.1 Å². The Morgan fingerprint density at radius 2 is 1.92 bits per heavy atom. The summed E-state index contributed by atoms with van der Waals surface area (Å²) >= 11 is 0. The van der Waals surface area contributed by atoms with Crippen molar-refractivity contribution >= 4 is 23.2 Å². The van der Waals surface area contributed by atoms with Gasteiger partial charge in [-0.3, -0.25) is 14.4 Å². The summed E-state index contributed by atoms with van der Waals surface area (Å²) < 4.78 is 16.0. The topological polar surface area (TPSA) is 185 Å². The van der Waals surface area contributed by atoms with Gasteiger partial charge in [-0.2, -0.15) is 0 Å². The van der Waals surface area contributed by atoms with Gasteiger partial charge in [0.05, 0.1) is 17.3 Å². The molecule has 0 bridgehead atoms. The predicted molar refractivity (Wildman–Crippen MR) is 129 cm³/mol. The molecular weight excluding hydrogens is 487 g/mol. The average molecular weight is 517 g/mol. The Balaban J connectivity index is 1.73. The number of ketones is 2. The second-order valence-electron chi connectivity index (χ2n) is 10.3. The van der Waals surface area contributed by atoms with E-state index in [1.165, 1.54) is 7.05 Å². The van der Waals surface area contributed by atoms with Crippen molar-refractivity contribution < 1.29 is 39.2 Å². The number of phenols is 1. The minimum atomic E-state index is -2.74. The van der Waals surface area contributed by atoms with E-state index >= 15 is 4.39 Å². The Morgan fingerprint density at radius 3 is 2.51 bits per heavy atom. The van der Waals surface area contributed by atoms with Crippen LogP contribution in [0.3, 0.4) is 0 Å². The molecule has 0 radical (unpaired) electrons. The maximum absolute atomic E-state index is 16.0. The molecule has 198 valence electrons. The molecule has 1 aliphatic heterocycles. The molecule has 11 nitrogen and oxygen atoms in total. The first-order chi connectivity index (χ1) is 17.4. The summed E-state index contributed by atoms with van der Waals surface area (Å²) in [4.78, 5) is 40.7. The summed E-state index contributed by atoms with van der Waals surface area (Å²) in [6, 6.07) is -1.50. The van der Waals surface area contributed by atoms with Crippen LogP contribution in [0, 0.1) is 17.7 Å². The quantitative estimate of drug-likeness (QED) is 0.218. The molecule has 37 heavy (non-hydrogen) atoms. The number of aliphatic hydroxyl groups excluding tert-OH is 2. The van der Waals surface area contributed by atoms with Crippen molar-refractivity contribution in [3.63, 3.8) is 0 Å². The first-order valence-electron chi connectivity index (χ1n) is 12.0. The predicted octanol–water partition coefficient (Wildman–Crippen LogP) is 0.336. The van der Waals surface area contributed by atoms with Gasteiger partial charge in [-0.25, -0.2) is 4.39 Å². The first-order valence-corrected chi connectivity index (χ1v) is 12.0. The number of aromatic hydroxyl groups is 1. The van der Waals surface area contributed by atoms with E-state index in [1.807, 2.05) is 4.90 Å². The third kappa shape index (κ3) is 3.12. The van der Waals surface area contributed by atoms with E-state index in [4.69, 9.17) is 5.73 Å². The van der Waals surface area contributed by atoms with E-state index in [2.05, 4.69) is 10.6 Å². The van der Waals surface area contributed by atoms with Crippen molar-refractivity contribution in [2.24, 2.45) is 17.6 Å². The Morgan fingerprint density at radius 1 is 1.24 bits per heavy atom. The lowest BCUT2D eigenvalue weighted by atomic mass is 9.58. The van der Waals surface area contributed by atoms with Gasteiger partial charge in [0.25, 0.3) is 5.91 Å². The first kappa shape index (κ1) is 25.2. The summed E-state index contributed by atoms with van der Waals surface area (Å²) in [5.74, 6) is -8.34. The Labute approximate surface area is 211 Å². The molecule has 1 amide bonds. The molecular formula is C25H29FN4O7. The number of nitrogens with zero attached hydrogens (tertiary/aromatic N) is 1. The smallest absolute Gasteiger partial charge is 0.255 e. The van der Waals surface area contributed by atoms with E-state index in [1.54, 1.807) is 14.1 Å². The minimum absolute atomic E-state index is 0.00970. The number of anilines is 1. The van der Waals surface area contributed by atoms with E-state index in [9.17, 15) is 34.8 Å². The number of hydrogen-bond acceptors (Lipinski definition) is 10. The van der Waals surface area contributed by atoms with Crippen LogP contribution in [0.25, 0.3) is 0 Å². The van der Waals surface area contributed by atoms with Gasteiger partial charge in [-0.1, -0.05) is 0 Å². The number of nitrogens with one attached hydrogen (secondary N) is 2. The fraction of sp³-hybridized carbons (Fsp3) is 0.480. The normalized spacial score (nSPS) is 31.0. The zero-order valence-electron chi connectivity index (χ0n) is 20.6. The van der Waals surface area contributed by atoms with Crippen molar-refractivity contribution in [3.05, 3.63) is 45.2 Å². The number of fused-ring (bicyclic) bond motifs is 4. The van der Waals surface area contributed by atoms with Gasteiger partial charge in [0.2, 0.25) is 5.78 Å². The average Bonchev–Trinajstić information content (AvgIpc) is 2.84. The van der Waals surface area contributed by atoms with Crippen LogP contribution >= 0.6 is 0 Å². The lowest BCUT2D eigenvalue weighted by Gasteiger charge is -2.48. The summed E-state index contributed by atoms with van der Waals surface area (Å²) in [6.07, 6.45) is 0.367. The number of benzene rings is 1. The monoisotopic (exact) mass is 516 g/mol. The molecule has 0 saturated carbocycles. The van der Waals surface area contributed by atoms with Crippen LogP contribution in [0.1, 0.15) is 40.4 Å². The fourth-order valence-electron chi connectivity index (χ4n) is 6.61. The number of aliphatic hydroxyl groups is 3. The van der Waals surface area contributed by atoms with Crippen molar-refractivity contribution in [1.82, 2.24) is 10.2 Å². The highest BCUT2D eigenvalue weighted by Gasteiger charge is 2.62. The highest BCUT2D eigenvalue weighted by Crippen LogP contribution is 2.54. The van der Waals surface area contributed by atoms with E-state index < -0.39 is 69.6 Å². The van der Waals surface area contributed by atoms with Gasteiger partial charge in [-0.15, -0.1) is 0 Å². The number of phenolic OH excluding ortho intramolecular Hbond substituents is 1. The van der Waals surface area contributed by atoms with Crippen LogP contribution in [0.4, 0.5) is 10.1 Å². The molecule has 5 rings (SSSR count). The Kier molecular flexibility index (Phi) is 5.63. The van der Waals surface area contributed by atoms with Gasteiger partial charge in [-0.05, 0) is 46.3 Å². The van der Waals surface area contributed by atoms with Crippen LogP contribution in [0.15, 0.2) is 22.7 Å². The zero-order chi connectivity index (χ0) is 27.1. The van der Waals surface area contributed by atoms with Gasteiger partial charge in [0, 0.05) is 35.2 Å². The molecule has 0 fully saturated rings. The molecule has 5 atom stereocenters. The van der Waals surface area contributed by atoms with Gasteiger partial charge >= 0.3 is 0 Å². The van der Waals surface area contributed by atoms with Crippen LogP contribution in [0.2, 0.25) is 0 Å². The summed E-state index contributed by atoms with van der Waals surface area (Å²) in [5, 5.41) is 50.2.